The Morgan fingerprint density at radius 3 is 2.44 bits per heavy atom. The highest BCUT2D eigenvalue weighted by Crippen LogP contribution is 2.38. The zero-order chi connectivity index (χ0) is 11.9. The van der Waals surface area contributed by atoms with Crippen LogP contribution >= 0.6 is 0 Å². The first kappa shape index (κ1) is 11.5. The Balaban J connectivity index is 2.74. The topological polar surface area (TPSA) is 21.3 Å². The van der Waals surface area contributed by atoms with Gasteiger partial charge in [-0.2, -0.15) is 0 Å². The Kier molecular flexibility index (Phi) is 2.94. The molecule has 0 saturated heterocycles. The molecule has 1 aliphatic rings. The molecule has 0 saturated carbocycles. The molecule has 0 radical (unpaired) electrons. The number of nitrogens with one attached hydrogen (secondary N) is 1. The van der Waals surface area contributed by atoms with Gasteiger partial charge in [-0.15, -0.1) is 0 Å². The van der Waals surface area contributed by atoms with E-state index in [2.05, 4.69) is 33.0 Å². The fraction of sp³-hybridized carbons (Fsp3) is 0.571. The van der Waals surface area contributed by atoms with Crippen molar-refractivity contribution in [2.45, 2.75) is 40.2 Å². The van der Waals surface area contributed by atoms with Gasteiger partial charge in [-0.3, -0.25) is 0 Å². The lowest BCUT2D eigenvalue weighted by Crippen LogP contribution is -2.29. The summed E-state index contributed by atoms with van der Waals surface area (Å²) in [5.41, 5.74) is 6.95. The van der Waals surface area contributed by atoms with E-state index in [1.54, 1.807) is 7.11 Å². The molecule has 2 nitrogen and oxygen atoms in total. The van der Waals surface area contributed by atoms with Crippen molar-refractivity contribution in [1.29, 1.82) is 0 Å². The fourth-order valence-electron chi connectivity index (χ4n) is 2.85. The standard InChI is InChI=1S/C14H21NO/c1-8-9(2)13-11(4)15-7-6-12(13)14(16-5)10(8)3/h11,15H,6-7H2,1-5H3. The Hall–Kier alpha value is -1.02. The van der Waals surface area contributed by atoms with Crippen molar-refractivity contribution >= 4 is 0 Å². The highest BCUT2D eigenvalue weighted by atomic mass is 16.5. The second-order valence-electron chi connectivity index (χ2n) is 4.73. The Bertz CT molecular complexity index is 423. The van der Waals surface area contributed by atoms with Gasteiger partial charge in [0.05, 0.1) is 7.11 Å². The van der Waals surface area contributed by atoms with Crippen molar-refractivity contribution in [2.75, 3.05) is 13.7 Å². The van der Waals surface area contributed by atoms with Crippen molar-refractivity contribution in [2.24, 2.45) is 0 Å². The van der Waals surface area contributed by atoms with E-state index in [1.807, 2.05) is 0 Å². The van der Waals surface area contributed by atoms with E-state index in [0.717, 1.165) is 18.7 Å². The van der Waals surface area contributed by atoms with Crippen LogP contribution in [0.1, 0.15) is 40.8 Å². The van der Waals surface area contributed by atoms with Gasteiger partial charge in [0, 0.05) is 11.6 Å². The van der Waals surface area contributed by atoms with Crippen molar-refractivity contribution in [3.8, 4) is 5.75 Å². The lowest BCUT2D eigenvalue weighted by atomic mass is 9.85. The van der Waals surface area contributed by atoms with Gasteiger partial charge in [-0.05, 0) is 62.9 Å². The summed E-state index contributed by atoms with van der Waals surface area (Å²) in [5.74, 6) is 1.10. The maximum atomic E-state index is 5.60. The van der Waals surface area contributed by atoms with Crippen LogP contribution in [0.2, 0.25) is 0 Å². The summed E-state index contributed by atoms with van der Waals surface area (Å²) in [6.45, 7) is 9.86. The molecule has 0 aliphatic carbocycles. The van der Waals surface area contributed by atoms with Crippen LogP contribution in [0.25, 0.3) is 0 Å². The molecule has 2 rings (SSSR count). The molecule has 0 fully saturated rings. The normalized spacial score (nSPS) is 19.4. The molecule has 1 N–H and O–H groups in total. The minimum atomic E-state index is 0.442. The molecule has 0 bridgehead atoms. The number of hydrogen-bond donors (Lipinski definition) is 1. The molecule has 0 aromatic heterocycles. The number of ether oxygens (including phenoxy) is 1. The van der Waals surface area contributed by atoms with E-state index in [9.17, 15) is 0 Å². The van der Waals surface area contributed by atoms with E-state index in [1.165, 1.54) is 27.8 Å². The van der Waals surface area contributed by atoms with Crippen LogP contribution in [-0.2, 0) is 6.42 Å². The largest absolute Gasteiger partial charge is 0.496 e. The highest BCUT2D eigenvalue weighted by Gasteiger charge is 2.24. The summed E-state index contributed by atoms with van der Waals surface area (Å²) in [6, 6.07) is 0.442. The second kappa shape index (κ2) is 4.10. The van der Waals surface area contributed by atoms with Gasteiger partial charge in [0.1, 0.15) is 5.75 Å². The summed E-state index contributed by atoms with van der Waals surface area (Å²) < 4.78 is 5.60. The van der Waals surface area contributed by atoms with Crippen LogP contribution in [0.4, 0.5) is 0 Å². The second-order valence-corrected chi connectivity index (χ2v) is 4.73. The van der Waals surface area contributed by atoms with E-state index >= 15 is 0 Å². The quantitative estimate of drug-likeness (QED) is 0.784. The van der Waals surface area contributed by atoms with Gasteiger partial charge in [0.15, 0.2) is 0 Å². The zero-order valence-electron chi connectivity index (χ0n) is 10.9. The molecule has 16 heavy (non-hydrogen) atoms. The van der Waals surface area contributed by atoms with Crippen LogP contribution in [-0.4, -0.2) is 13.7 Å². The predicted molar refractivity (Wildman–Crippen MR) is 67.3 cm³/mol. The van der Waals surface area contributed by atoms with Gasteiger partial charge >= 0.3 is 0 Å². The Labute approximate surface area is 98.0 Å². The summed E-state index contributed by atoms with van der Waals surface area (Å²) in [7, 11) is 1.78. The van der Waals surface area contributed by atoms with Gasteiger partial charge in [0.2, 0.25) is 0 Å². The van der Waals surface area contributed by atoms with Crippen molar-refractivity contribution in [1.82, 2.24) is 5.32 Å². The Morgan fingerprint density at radius 1 is 1.12 bits per heavy atom. The average Bonchev–Trinajstić information content (AvgIpc) is 2.27. The van der Waals surface area contributed by atoms with Gasteiger partial charge < -0.3 is 10.1 Å². The molecular weight excluding hydrogens is 198 g/mol. The lowest BCUT2D eigenvalue weighted by molar-refractivity contribution is 0.398. The number of hydrogen-bond acceptors (Lipinski definition) is 2. The third-order valence-corrected chi connectivity index (χ3v) is 3.93. The zero-order valence-corrected chi connectivity index (χ0v) is 10.9. The number of benzene rings is 1. The lowest BCUT2D eigenvalue weighted by Gasteiger charge is -2.30. The maximum absolute atomic E-state index is 5.60. The monoisotopic (exact) mass is 219 g/mol. The summed E-state index contributed by atoms with van der Waals surface area (Å²) in [5, 5.41) is 3.52. The summed E-state index contributed by atoms with van der Waals surface area (Å²) in [6.07, 6.45) is 1.07. The minimum Gasteiger partial charge on any atom is -0.496 e. The molecule has 1 atom stereocenters. The molecule has 1 heterocycles. The first-order valence-corrected chi connectivity index (χ1v) is 5.97. The van der Waals surface area contributed by atoms with Gasteiger partial charge in [-0.1, -0.05) is 0 Å². The van der Waals surface area contributed by atoms with Gasteiger partial charge in [0.25, 0.3) is 0 Å². The minimum absolute atomic E-state index is 0.442. The SMILES string of the molecule is COc1c(C)c(C)c(C)c2c1CCNC2C. The molecule has 2 heteroatoms. The van der Waals surface area contributed by atoms with Gasteiger partial charge in [-0.25, -0.2) is 0 Å². The maximum Gasteiger partial charge on any atom is 0.125 e. The van der Waals surface area contributed by atoms with E-state index in [0.29, 0.717) is 6.04 Å². The summed E-state index contributed by atoms with van der Waals surface area (Å²) >= 11 is 0. The first-order chi connectivity index (χ1) is 7.57. The third-order valence-electron chi connectivity index (χ3n) is 3.93. The van der Waals surface area contributed by atoms with Crippen LogP contribution < -0.4 is 10.1 Å². The number of fused-ring (bicyclic) bond motifs is 1. The van der Waals surface area contributed by atoms with E-state index in [-0.39, 0.29) is 0 Å². The fourth-order valence-corrected chi connectivity index (χ4v) is 2.85. The molecule has 1 aromatic carbocycles. The molecule has 88 valence electrons. The molecule has 1 unspecified atom stereocenters. The molecule has 0 spiro atoms. The highest BCUT2D eigenvalue weighted by molar-refractivity contribution is 5.56. The van der Waals surface area contributed by atoms with Crippen LogP contribution in [0.3, 0.4) is 0 Å². The smallest absolute Gasteiger partial charge is 0.125 e. The van der Waals surface area contributed by atoms with Crippen LogP contribution in [0.5, 0.6) is 5.75 Å². The molecule has 1 aromatic rings. The van der Waals surface area contributed by atoms with Crippen LogP contribution in [0, 0.1) is 20.8 Å². The Morgan fingerprint density at radius 2 is 1.81 bits per heavy atom. The first-order valence-electron chi connectivity index (χ1n) is 5.97. The van der Waals surface area contributed by atoms with Crippen molar-refractivity contribution in [3.05, 3.63) is 27.8 Å². The van der Waals surface area contributed by atoms with E-state index in [4.69, 9.17) is 4.74 Å². The van der Waals surface area contributed by atoms with Crippen LogP contribution in [0.15, 0.2) is 0 Å². The number of rotatable bonds is 1. The third kappa shape index (κ3) is 1.52. The van der Waals surface area contributed by atoms with E-state index < -0.39 is 0 Å². The summed E-state index contributed by atoms with van der Waals surface area (Å²) in [4.78, 5) is 0. The predicted octanol–water partition coefficient (Wildman–Crippen LogP) is 2.83. The molecule has 1 aliphatic heterocycles. The molecular formula is C14H21NO. The molecule has 0 amide bonds. The van der Waals surface area contributed by atoms with Crippen molar-refractivity contribution < 1.29 is 4.74 Å². The van der Waals surface area contributed by atoms with Crippen molar-refractivity contribution in [3.63, 3.8) is 0 Å². The number of methoxy groups -OCH3 is 1. The average molecular weight is 219 g/mol.